The number of aryl methyl sites for hydroxylation is 1. The van der Waals surface area contributed by atoms with Gasteiger partial charge in [-0.3, -0.25) is 0 Å². The van der Waals surface area contributed by atoms with Crippen molar-refractivity contribution in [1.82, 2.24) is 4.72 Å². The zero-order valence-electron chi connectivity index (χ0n) is 11.3. The molecule has 108 valence electrons. The summed E-state index contributed by atoms with van der Waals surface area (Å²) in [6.07, 6.45) is -0.226. The number of aliphatic hydroxyl groups is 1. The van der Waals surface area contributed by atoms with Gasteiger partial charge in [0.1, 0.15) is 10.6 Å². The molecule has 1 aromatic rings. The molecule has 1 aromatic carbocycles. The summed E-state index contributed by atoms with van der Waals surface area (Å²) in [5.74, 6) is 0.247. The van der Waals surface area contributed by atoms with Crippen LogP contribution in [0.2, 0.25) is 0 Å². The number of rotatable bonds is 6. The van der Waals surface area contributed by atoms with Crippen LogP contribution in [0.15, 0.2) is 17.0 Å². The fourth-order valence-corrected chi connectivity index (χ4v) is 2.76. The van der Waals surface area contributed by atoms with Crippen LogP contribution in [-0.2, 0) is 10.0 Å². The number of hydrogen-bond donors (Lipinski definition) is 3. The van der Waals surface area contributed by atoms with E-state index in [1.807, 2.05) is 0 Å². The van der Waals surface area contributed by atoms with Crippen molar-refractivity contribution in [3.8, 4) is 5.75 Å². The Kier molecular flexibility index (Phi) is 5.16. The molecule has 0 aliphatic heterocycles. The summed E-state index contributed by atoms with van der Waals surface area (Å²) < 4.78 is 31.7. The summed E-state index contributed by atoms with van der Waals surface area (Å²) in [5, 5.41) is 9.12. The van der Waals surface area contributed by atoms with Gasteiger partial charge in [-0.1, -0.05) is 0 Å². The number of methoxy groups -OCH3 is 1. The molecule has 0 aliphatic rings. The normalized spacial score (nSPS) is 13.3. The molecule has 0 saturated carbocycles. The molecule has 0 saturated heterocycles. The molecule has 0 aliphatic carbocycles. The highest BCUT2D eigenvalue weighted by molar-refractivity contribution is 7.89. The van der Waals surface area contributed by atoms with Gasteiger partial charge in [0.05, 0.1) is 13.2 Å². The summed E-state index contributed by atoms with van der Waals surface area (Å²) in [5.41, 5.74) is 6.87. The number of nitrogens with one attached hydrogen (secondary N) is 1. The smallest absolute Gasteiger partial charge is 0.244 e. The minimum Gasteiger partial charge on any atom is -0.495 e. The molecule has 0 aromatic heterocycles. The molecule has 0 heterocycles. The van der Waals surface area contributed by atoms with Crippen molar-refractivity contribution in [3.05, 3.63) is 17.7 Å². The topological polar surface area (TPSA) is 102 Å². The third kappa shape index (κ3) is 4.09. The molecule has 0 fully saturated rings. The SMILES string of the molecule is COc1cc(C)c(N)cc1S(=O)(=O)NCCC(C)O. The Hall–Kier alpha value is -1.31. The molecule has 7 heteroatoms. The minimum absolute atomic E-state index is 0.00342. The van der Waals surface area contributed by atoms with E-state index in [4.69, 9.17) is 15.6 Å². The molecule has 1 atom stereocenters. The molecule has 0 bridgehead atoms. The van der Waals surface area contributed by atoms with Gasteiger partial charge >= 0.3 is 0 Å². The monoisotopic (exact) mass is 288 g/mol. The Morgan fingerprint density at radius 2 is 2.11 bits per heavy atom. The van der Waals surface area contributed by atoms with E-state index in [1.165, 1.54) is 13.2 Å². The highest BCUT2D eigenvalue weighted by atomic mass is 32.2. The highest BCUT2D eigenvalue weighted by Crippen LogP contribution is 2.28. The predicted molar refractivity (Wildman–Crippen MR) is 73.6 cm³/mol. The maximum atomic E-state index is 12.1. The van der Waals surface area contributed by atoms with Gasteiger partial charge in [-0.2, -0.15) is 0 Å². The maximum absolute atomic E-state index is 12.1. The zero-order valence-corrected chi connectivity index (χ0v) is 12.1. The number of anilines is 1. The van der Waals surface area contributed by atoms with Gasteiger partial charge in [0.25, 0.3) is 0 Å². The lowest BCUT2D eigenvalue weighted by Gasteiger charge is -2.13. The van der Waals surface area contributed by atoms with Crippen LogP contribution in [0.1, 0.15) is 18.9 Å². The van der Waals surface area contributed by atoms with Crippen LogP contribution in [0.5, 0.6) is 5.75 Å². The van der Waals surface area contributed by atoms with Gasteiger partial charge in [-0.05, 0) is 38.0 Å². The molecule has 1 rings (SSSR count). The van der Waals surface area contributed by atoms with Gasteiger partial charge in [0, 0.05) is 12.2 Å². The quantitative estimate of drug-likeness (QED) is 0.667. The molecule has 0 radical (unpaired) electrons. The van der Waals surface area contributed by atoms with E-state index in [-0.39, 0.29) is 17.2 Å². The van der Waals surface area contributed by atoms with Crippen LogP contribution in [0.3, 0.4) is 0 Å². The second kappa shape index (κ2) is 6.23. The van der Waals surface area contributed by atoms with Crippen molar-refractivity contribution in [1.29, 1.82) is 0 Å². The molecular formula is C12H20N2O4S. The number of ether oxygens (including phenoxy) is 1. The first-order chi connectivity index (χ1) is 8.77. The number of aliphatic hydroxyl groups excluding tert-OH is 1. The van der Waals surface area contributed by atoms with E-state index in [0.29, 0.717) is 12.1 Å². The molecule has 0 amide bonds. The zero-order chi connectivity index (χ0) is 14.6. The summed E-state index contributed by atoms with van der Waals surface area (Å²) in [7, 11) is -2.30. The van der Waals surface area contributed by atoms with E-state index < -0.39 is 16.1 Å². The lowest BCUT2D eigenvalue weighted by molar-refractivity contribution is 0.186. The first-order valence-electron chi connectivity index (χ1n) is 5.89. The average molecular weight is 288 g/mol. The molecule has 1 unspecified atom stereocenters. The van der Waals surface area contributed by atoms with E-state index >= 15 is 0 Å². The number of sulfonamides is 1. The van der Waals surface area contributed by atoms with Gasteiger partial charge in [0.15, 0.2) is 0 Å². The average Bonchev–Trinajstić information content (AvgIpc) is 2.31. The van der Waals surface area contributed by atoms with Gasteiger partial charge in [-0.25, -0.2) is 13.1 Å². The second-order valence-corrected chi connectivity index (χ2v) is 6.13. The van der Waals surface area contributed by atoms with Gasteiger partial charge in [0.2, 0.25) is 10.0 Å². The van der Waals surface area contributed by atoms with Crippen molar-refractivity contribution in [2.45, 2.75) is 31.3 Å². The van der Waals surface area contributed by atoms with Gasteiger partial charge < -0.3 is 15.6 Å². The van der Waals surface area contributed by atoms with Crippen LogP contribution in [0, 0.1) is 6.92 Å². The van der Waals surface area contributed by atoms with Crippen LogP contribution in [0.4, 0.5) is 5.69 Å². The summed E-state index contributed by atoms with van der Waals surface area (Å²) >= 11 is 0. The number of hydrogen-bond acceptors (Lipinski definition) is 5. The fourth-order valence-electron chi connectivity index (χ4n) is 1.53. The number of nitrogens with two attached hydrogens (primary N) is 1. The molecule has 6 nitrogen and oxygen atoms in total. The molecule has 19 heavy (non-hydrogen) atoms. The summed E-state index contributed by atoms with van der Waals surface area (Å²) in [6.45, 7) is 3.52. The number of nitrogen functional groups attached to an aromatic ring is 1. The van der Waals surface area contributed by atoms with Crippen LogP contribution >= 0.6 is 0 Å². The largest absolute Gasteiger partial charge is 0.495 e. The first kappa shape index (κ1) is 15.7. The standard InChI is InChI=1S/C12H20N2O4S/c1-8-6-11(18-3)12(7-10(8)13)19(16,17)14-5-4-9(2)15/h6-7,9,14-15H,4-5,13H2,1-3H3. The minimum atomic E-state index is -3.70. The lowest BCUT2D eigenvalue weighted by atomic mass is 10.2. The summed E-state index contributed by atoms with van der Waals surface area (Å²) in [6, 6.07) is 2.96. The first-order valence-corrected chi connectivity index (χ1v) is 7.38. The van der Waals surface area contributed by atoms with Crippen molar-refractivity contribution in [2.24, 2.45) is 0 Å². The van der Waals surface area contributed by atoms with Crippen molar-refractivity contribution in [2.75, 3.05) is 19.4 Å². The molecule has 0 spiro atoms. The van der Waals surface area contributed by atoms with E-state index in [0.717, 1.165) is 5.56 Å². The Morgan fingerprint density at radius 3 is 2.63 bits per heavy atom. The van der Waals surface area contributed by atoms with Crippen LogP contribution < -0.4 is 15.2 Å². The predicted octanol–water partition coefficient (Wildman–Crippen LogP) is 0.635. The van der Waals surface area contributed by atoms with Crippen molar-refractivity contribution >= 4 is 15.7 Å². The Labute approximate surface area is 113 Å². The second-order valence-electron chi connectivity index (χ2n) is 4.40. The van der Waals surface area contributed by atoms with E-state index in [2.05, 4.69) is 4.72 Å². The third-order valence-corrected chi connectivity index (χ3v) is 4.18. The molecular weight excluding hydrogens is 268 g/mol. The summed E-state index contributed by atoms with van der Waals surface area (Å²) in [4.78, 5) is 0.00342. The molecule has 4 N–H and O–H groups in total. The lowest BCUT2D eigenvalue weighted by Crippen LogP contribution is -2.27. The van der Waals surface area contributed by atoms with Crippen LogP contribution in [-0.4, -0.2) is 33.3 Å². The van der Waals surface area contributed by atoms with Crippen molar-refractivity contribution < 1.29 is 18.3 Å². The third-order valence-electron chi connectivity index (χ3n) is 2.70. The fraction of sp³-hybridized carbons (Fsp3) is 0.500. The Morgan fingerprint density at radius 1 is 1.47 bits per heavy atom. The number of benzene rings is 1. The van der Waals surface area contributed by atoms with Crippen molar-refractivity contribution in [3.63, 3.8) is 0 Å². The van der Waals surface area contributed by atoms with E-state index in [9.17, 15) is 8.42 Å². The Balaban J connectivity index is 3.03. The Bertz CT molecular complexity index is 541. The van der Waals surface area contributed by atoms with Crippen LogP contribution in [0.25, 0.3) is 0 Å². The van der Waals surface area contributed by atoms with Gasteiger partial charge in [-0.15, -0.1) is 0 Å². The highest BCUT2D eigenvalue weighted by Gasteiger charge is 2.20. The van der Waals surface area contributed by atoms with E-state index in [1.54, 1.807) is 19.9 Å². The maximum Gasteiger partial charge on any atom is 0.244 e.